The molecule has 0 aliphatic carbocycles. The summed E-state index contributed by atoms with van der Waals surface area (Å²) in [5, 5.41) is 11.5. The Hall–Kier alpha value is -2.50. The van der Waals surface area contributed by atoms with Gasteiger partial charge in [0.2, 0.25) is 0 Å². The number of rotatable bonds is 2. The van der Waals surface area contributed by atoms with Crippen molar-refractivity contribution in [2.24, 2.45) is 0 Å². The second-order valence-electron chi connectivity index (χ2n) is 4.33. The Bertz CT molecular complexity index is 821. The van der Waals surface area contributed by atoms with E-state index in [0.29, 0.717) is 16.3 Å². The maximum absolute atomic E-state index is 8.91. The van der Waals surface area contributed by atoms with Gasteiger partial charge in [0.1, 0.15) is 11.5 Å². The van der Waals surface area contributed by atoms with Crippen LogP contribution in [-0.4, -0.2) is 0 Å². The lowest BCUT2D eigenvalue weighted by Crippen LogP contribution is -1.87. The molecule has 0 N–H and O–H groups in total. The fraction of sp³-hybridized carbons (Fsp3) is 0. The third-order valence-corrected chi connectivity index (χ3v) is 3.35. The van der Waals surface area contributed by atoms with Crippen molar-refractivity contribution in [3.63, 3.8) is 0 Å². The smallest absolute Gasteiger partial charge is 0.135 e. The van der Waals surface area contributed by atoms with E-state index in [-0.39, 0.29) is 0 Å². The van der Waals surface area contributed by atoms with Crippen LogP contribution in [0, 0.1) is 11.3 Å². The molecule has 0 radical (unpaired) electrons. The maximum atomic E-state index is 8.91. The highest BCUT2D eigenvalue weighted by Crippen LogP contribution is 2.34. The fourth-order valence-electron chi connectivity index (χ4n) is 2.08. The summed E-state index contributed by atoms with van der Waals surface area (Å²) in [6.07, 6.45) is 0. The molecule has 96 valence electrons. The normalized spacial score (nSPS) is 10.2. The molecule has 3 heteroatoms. The lowest BCUT2D eigenvalue weighted by Gasteiger charge is -2.10. The van der Waals surface area contributed by atoms with Gasteiger partial charge in [-0.15, -0.1) is 0 Å². The summed E-state index contributed by atoms with van der Waals surface area (Å²) in [5.74, 6) is 1.36. The molecular formula is C17H10ClNO. The van der Waals surface area contributed by atoms with Crippen molar-refractivity contribution in [2.75, 3.05) is 0 Å². The summed E-state index contributed by atoms with van der Waals surface area (Å²) in [6.45, 7) is 0. The molecule has 0 spiro atoms. The van der Waals surface area contributed by atoms with Gasteiger partial charge >= 0.3 is 0 Å². The van der Waals surface area contributed by atoms with Gasteiger partial charge in [-0.25, -0.2) is 0 Å². The average molecular weight is 280 g/mol. The van der Waals surface area contributed by atoms with Crippen LogP contribution in [0.1, 0.15) is 5.56 Å². The van der Waals surface area contributed by atoms with E-state index in [1.165, 1.54) is 0 Å². The predicted octanol–water partition coefficient (Wildman–Crippen LogP) is 5.16. The van der Waals surface area contributed by atoms with Gasteiger partial charge in [-0.3, -0.25) is 0 Å². The largest absolute Gasteiger partial charge is 0.457 e. The SMILES string of the molecule is N#Cc1cccc(Oc2ccc(Cl)c3ccccc23)c1. The van der Waals surface area contributed by atoms with E-state index in [4.69, 9.17) is 21.6 Å². The minimum Gasteiger partial charge on any atom is -0.457 e. The highest BCUT2D eigenvalue weighted by Gasteiger charge is 2.06. The number of hydrogen-bond donors (Lipinski definition) is 0. The van der Waals surface area contributed by atoms with Gasteiger partial charge in [-0.05, 0) is 30.3 Å². The lowest BCUT2D eigenvalue weighted by molar-refractivity contribution is 0.488. The summed E-state index contributed by atoms with van der Waals surface area (Å²) >= 11 is 6.18. The zero-order valence-electron chi connectivity index (χ0n) is 10.5. The van der Waals surface area contributed by atoms with Crippen LogP contribution < -0.4 is 4.74 Å². The molecule has 20 heavy (non-hydrogen) atoms. The van der Waals surface area contributed by atoms with Crippen LogP contribution >= 0.6 is 11.6 Å². The molecule has 0 aliphatic rings. The third-order valence-electron chi connectivity index (χ3n) is 3.02. The number of hydrogen-bond acceptors (Lipinski definition) is 2. The standard InChI is InChI=1S/C17H10ClNO/c18-16-8-9-17(15-7-2-1-6-14(15)16)20-13-5-3-4-12(10-13)11-19/h1-10H. The van der Waals surface area contributed by atoms with E-state index in [9.17, 15) is 0 Å². The van der Waals surface area contributed by atoms with Crippen LogP contribution in [0.25, 0.3) is 10.8 Å². The van der Waals surface area contributed by atoms with Gasteiger partial charge in [0.25, 0.3) is 0 Å². The topological polar surface area (TPSA) is 33.0 Å². The first-order valence-electron chi connectivity index (χ1n) is 6.13. The van der Waals surface area contributed by atoms with Gasteiger partial charge in [0.05, 0.1) is 11.6 Å². The van der Waals surface area contributed by atoms with Gasteiger partial charge < -0.3 is 4.74 Å². The van der Waals surface area contributed by atoms with E-state index in [2.05, 4.69) is 6.07 Å². The van der Waals surface area contributed by atoms with Gasteiger partial charge in [0, 0.05) is 15.8 Å². The minimum absolute atomic E-state index is 0.570. The van der Waals surface area contributed by atoms with Crippen molar-refractivity contribution in [3.05, 3.63) is 71.2 Å². The number of ether oxygens (including phenoxy) is 1. The summed E-state index contributed by atoms with van der Waals surface area (Å²) in [6, 6.07) is 20.6. The van der Waals surface area contributed by atoms with E-state index in [1.54, 1.807) is 18.2 Å². The van der Waals surface area contributed by atoms with Crippen LogP contribution in [-0.2, 0) is 0 Å². The second-order valence-corrected chi connectivity index (χ2v) is 4.74. The monoisotopic (exact) mass is 279 g/mol. The van der Waals surface area contributed by atoms with Crippen LogP contribution in [0.3, 0.4) is 0 Å². The number of nitrogens with zero attached hydrogens (tertiary/aromatic N) is 1. The fourth-order valence-corrected chi connectivity index (χ4v) is 2.31. The van der Waals surface area contributed by atoms with E-state index >= 15 is 0 Å². The van der Waals surface area contributed by atoms with Gasteiger partial charge in [-0.1, -0.05) is 41.9 Å². The molecule has 0 amide bonds. The average Bonchev–Trinajstić information content (AvgIpc) is 2.51. The summed E-state index contributed by atoms with van der Waals surface area (Å²) in [4.78, 5) is 0. The quantitative estimate of drug-likeness (QED) is 0.649. The Labute approximate surface area is 121 Å². The molecule has 0 heterocycles. The molecular weight excluding hydrogens is 270 g/mol. The number of fused-ring (bicyclic) bond motifs is 1. The highest BCUT2D eigenvalue weighted by molar-refractivity contribution is 6.35. The Kier molecular flexibility index (Phi) is 3.28. The van der Waals surface area contributed by atoms with Crippen molar-refractivity contribution < 1.29 is 4.74 Å². The van der Waals surface area contributed by atoms with Crippen LogP contribution in [0.5, 0.6) is 11.5 Å². The Morgan fingerprint density at radius 2 is 1.70 bits per heavy atom. The number of benzene rings is 3. The van der Waals surface area contributed by atoms with Crippen molar-refractivity contribution >= 4 is 22.4 Å². The molecule has 3 rings (SSSR count). The van der Waals surface area contributed by atoms with Gasteiger partial charge in [0.15, 0.2) is 0 Å². The summed E-state index contributed by atoms with van der Waals surface area (Å²) in [5.41, 5.74) is 0.570. The number of nitriles is 1. The Balaban J connectivity index is 2.07. The van der Waals surface area contributed by atoms with E-state index < -0.39 is 0 Å². The molecule has 0 fully saturated rings. The second kappa shape index (κ2) is 5.24. The van der Waals surface area contributed by atoms with E-state index in [0.717, 1.165) is 16.5 Å². The summed E-state index contributed by atoms with van der Waals surface area (Å²) in [7, 11) is 0. The van der Waals surface area contributed by atoms with Gasteiger partial charge in [-0.2, -0.15) is 5.26 Å². The van der Waals surface area contributed by atoms with E-state index in [1.807, 2.05) is 42.5 Å². The summed E-state index contributed by atoms with van der Waals surface area (Å²) < 4.78 is 5.88. The highest BCUT2D eigenvalue weighted by atomic mass is 35.5. The first-order valence-corrected chi connectivity index (χ1v) is 6.51. The molecule has 2 nitrogen and oxygen atoms in total. The molecule has 0 aliphatic heterocycles. The zero-order valence-corrected chi connectivity index (χ0v) is 11.3. The zero-order chi connectivity index (χ0) is 13.9. The molecule has 0 aromatic heterocycles. The van der Waals surface area contributed by atoms with Crippen molar-refractivity contribution in [1.82, 2.24) is 0 Å². The molecule has 0 saturated carbocycles. The Morgan fingerprint density at radius 1 is 0.900 bits per heavy atom. The van der Waals surface area contributed by atoms with Crippen LogP contribution in [0.15, 0.2) is 60.7 Å². The van der Waals surface area contributed by atoms with Crippen LogP contribution in [0.2, 0.25) is 5.02 Å². The minimum atomic E-state index is 0.570. The Morgan fingerprint density at radius 3 is 2.50 bits per heavy atom. The molecule has 0 saturated heterocycles. The molecule has 3 aromatic carbocycles. The molecule has 3 aromatic rings. The molecule has 0 atom stereocenters. The van der Waals surface area contributed by atoms with Crippen molar-refractivity contribution in [1.29, 1.82) is 5.26 Å². The maximum Gasteiger partial charge on any atom is 0.135 e. The molecule has 0 bridgehead atoms. The van der Waals surface area contributed by atoms with Crippen molar-refractivity contribution in [3.8, 4) is 17.6 Å². The third kappa shape index (κ3) is 2.32. The lowest BCUT2D eigenvalue weighted by atomic mass is 10.1. The predicted molar refractivity (Wildman–Crippen MR) is 80.2 cm³/mol. The molecule has 0 unspecified atom stereocenters. The van der Waals surface area contributed by atoms with Crippen molar-refractivity contribution in [2.45, 2.75) is 0 Å². The first kappa shape index (κ1) is 12.5. The van der Waals surface area contributed by atoms with Crippen LogP contribution in [0.4, 0.5) is 0 Å². The first-order chi connectivity index (χ1) is 9.78. The number of halogens is 1.